The van der Waals surface area contributed by atoms with Crippen LogP contribution in [0.3, 0.4) is 0 Å². The molecular formula is C15H21N5O3. The third kappa shape index (κ3) is 4.87. The van der Waals surface area contributed by atoms with Crippen molar-refractivity contribution in [1.29, 1.82) is 0 Å². The van der Waals surface area contributed by atoms with Gasteiger partial charge in [-0.3, -0.25) is 15.2 Å². The van der Waals surface area contributed by atoms with Gasteiger partial charge in [0, 0.05) is 18.8 Å². The molecule has 0 atom stereocenters. The summed E-state index contributed by atoms with van der Waals surface area (Å²) >= 11 is 0. The fourth-order valence-electron chi connectivity index (χ4n) is 1.90. The first-order valence-electron chi connectivity index (χ1n) is 7.32. The van der Waals surface area contributed by atoms with Gasteiger partial charge in [0.25, 0.3) is 0 Å². The summed E-state index contributed by atoms with van der Waals surface area (Å²) in [6.07, 6.45) is 1.52. The number of hydrogen-bond acceptors (Lipinski definition) is 5. The highest BCUT2D eigenvalue weighted by atomic mass is 16.3. The number of imide groups is 1. The topological polar surface area (TPSA) is 103 Å². The predicted molar refractivity (Wildman–Crippen MR) is 85.0 cm³/mol. The molecule has 0 fully saturated rings. The summed E-state index contributed by atoms with van der Waals surface area (Å²) in [4.78, 5) is 25.2. The van der Waals surface area contributed by atoms with Crippen LogP contribution in [0.2, 0.25) is 0 Å². The second kappa shape index (κ2) is 7.48. The van der Waals surface area contributed by atoms with Crippen LogP contribution in [0, 0.1) is 0 Å². The van der Waals surface area contributed by atoms with Crippen molar-refractivity contribution < 1.29 is 14.0 Å². The van der Waals surface area contributed by atoms with E-state index in [1.165, 1.54) is 6.26 Å². The molecule has 2 heterocycles. The van der Waals surface area contributed by atoms with Gasteiger partial charge in [-0.15, -0.1) is 0 Å². The van der Waals surface area contributed by atoms with Crippen molar-refractivity contribution in [2.45, 2.75) is 26.3 Å². The number of rotatable bonds is 6. The fourth-order valence-corrected chi connectivity index (χ4v) is 1.90. The summed E-state index contributed by atoms with van der Waals surface area (Å²) in [5.41, 5.74) is 0.989. The maximum absolute atomic E-state index is 11.9. The molecule has 0 bridgehead atoms. The van der Waals surface area contributed by atoms with E-state index < -0.39 is 11.9 Å². The Morgan fingerprint density at radius 1 is 1.43 bits per heavy atom. The zero-order chi connectivity index (χ0) is 16.8. The molecule has 0 unspecified atom stereocenters. The van der Waals surface area contributed by atoms with Gasteiger partial charge in [-0.05, 0) is 18.1 Å². The maximum Gasteiger partial charge on any atom is 0.321 e. The van der Waals surface area contributed by atoms with Gasteiger partial charge >= 0.3 is 6.03 Å². The van der Waals surface area contributed by atoms with Gasteiger partial charge in [0.1, 0.15) is 5.76 Å². The van der Waals surface area contributed by atoms with Crippen molar-refractivity contribution in [1.82, 2.24) is 20.8 Å². The third-order valence-corrected chi connectivity index (χ3v) is 3.23. The number of carbonyl (C=O) groups excluding carboxylic acids is 2. The molecular weight excluding hydrogens is 298 g/mol. The lowest BCUT2D eigenvalue weighted by Gasteiger charge is -2.15. The number of nitrogens with one attached hydrogen (secondary N) is 3. The maximum atomic E-state index is 11.9. The lowest BCUT2D eigenvalue weighted by Crippen LogP contribution is -2.43. The summed E-state index contributed by atoms with van der Waals surface area (Å²) in [6, 6.07) is 4.78. The quantitative estimate of drug-likeness (QED) is 0.750. The number of carbonyl (C=O) groups is 2. The van der Waals surface area contributed by atoms with Crippen molar-refractivity contribution in [3.63, 3.8) is 0 Å². The zero-order valence-electron chi connectivity index (χ0n) is 13.4. The van der Waals surface area contributed by atoms with E-state index in [0.717, 1.165) is 5.69 Å². The van der Waals surface area contributed by atoms with Crippen LogP contribution in [0.25, 0.3) is 0 Å². The number of urea groups is 1. The monoisotopic (exact) mass is 319 g/mol. The van der Waals surface area contributed by atoms with Crippen LogP contribution < -0.4 is 15.5 Å². The summed E-state index contributed by atoms with van der Waals surface area (Å²) < 4.78 is 5.09. The number of amides is 3. The van der Waals surface area contributed by atoms with Crippen LogP contribution in [0.1, 0.15) is 31.2 Å². The molecule has 8 heteroatoms. The number of aromatic nitrogens is 2. The first kappa shape index (κ1) is 16.6. The Bertz CT molecular complexity index is 648. The molecule has 124 valence electrons. The SMILES string of the molecule is CC(C)c1cc(N(C)CC(=O)NC(=O)NCc2ccco2)n[nH]1. The van der Waals surface area contributed by atoms with Gasteiger partial charge < -0.3 is 14.6 Å². The van der Waals surface area contributed by atoms with Crippen LogP contribution in [-0.4, -0.2) is 35.7 Å². The third-order valence-electron chi connectivity index (χ3n) is 3.23. The minimum Gasteiger partial charge on any atom is -0.467 e. The number of aromatic amines is 1. The van der Waals surface area contributed by atoms with Crippen molar-refractivity contribution in [2.24, 2.45) is 0 Å². The highest BCUT2D eigenvalue weighted by Gasteiger charge is 2.14. The van der Waals surface area contributed by atoms with E-state index in [1.54, 1.807) is 24.1 Å². The molecule has 0 saturated heterocycles. The van der Waals surface area contributed by atoms with E-state index in [9.17, 15) is 9.59 Å². The van der Waals surface area contributed by atoms with E-state index in [1.807, 2.05) is 19.9 Å². The van der Waals surface area contributed by atoms with E-state index >= 15 is 0 Å². The first-order valence-corrected chi connectivity index (χ1v) is 7.32. The Kier molecular flexibility index (Phi) is 5.40. The van der Waals surface area contributed by atoms with E-state index in [0.29, 0.717) is 17.5 Å². The summed E-state index contributed by atoms with van der Waals surface area (Å²) in [6.45, 7) is 4.34. The van der Waals surface area contributed by atoms with Gasteiger partial charge in [0.15, 0.2) is 5.82 Å². The lowest BCUT2D eigenvalue weighted by molar-refractivity contribution is -0.118. The number of nitrogens with zero attached hydrogens (tertiary/aromatic N) is 2. The molecule has 0 aromatic carbocycles. The molecule has 8 nitrogen and oxygen atoms in total. The Labute approximate surface area is 134 Å². The molecule has 23 heavy (non-hydrogen) atoms. The summed E-state index contributed by atoms with van der Waals surface area (Å²) in [5, 5.41) is 11.9. The van der Waals surface area contributed by atoms with E-state index in [2.05, 4.69) is 20.8 Å². The number of anilines is 1. The standard InChI is InChI=1S/C15H21N5O3/c1-10(2)12-7-13(19-18-12)20(3)9-14(21)17-15(22)16-8-11-5-4-6-23-11/h4-7,10H,8-9H2,1-3H3,(H,18,19)(H2,16,17,21,22). The molecule has 2 rings (SSSR count). The minimum atomic E-state index is -0.565. The van der Waals surface area contributed by atoms with Crippen LogP contribution in [-0.2, 0) is 11.3 Å². The number of hydrogen-bond donors (Lipinski definition) is 3. The Morgan fingerprint density at radius 2 is 2.22 bits per heavy atom. The van der Waals surface area contributed by atoms with Crippen molar-refractivity contribution in [3.8, 4) is 0 Å². The number of furan rings is 1. The van der Waals surface area contributed by atoms with Crippen molar-refractivity contribution >= 4 is 17.8 Å². The minimum absolute atomic E-state index is 0.0244. The predicted octanol–water partition coefficient (Wildman–Crippen LogP) is 1.59. The Morgan fingerprint density at radius 3 is 2.83 bits per heavy atom. The van der Waals surface area contributed by atoms with E-state index in [4.69, 9.17) is 4.42 Å². The Balaban J connectivity index is 1.77. The molecule has 0 aliphatic rings. The second-order valence-corrected chi connectivity index (χ2v) is 5.50. The molecule has 0 radical (unpaired) electrons. The molecule has 2 aromatic heterocycles. The smallest absolute Gasteiger partial charge is 0.321 e. The van der Waals surface area contributed by atoms with Crippen molar-refractivity contribution in [2.75, 3.05) is 18.5 Å². The van der Waals surface area contributed by atoms with Crippen LogP contribution in [0.15, 0.2) is 28.9 Å². The zero-order valence-corrected chi connectivity index (χ0v) is 13.4. The summed E-state index contributed by atoms with van der Waals surface area (Å²) in [7, 11) is 1.74. The first-order chi connectivity index (χ1) is 11.0. The van der Waals surface area contributed by atoms with Gasteiger partial charge in [-0.1, -0.05) is 13.8 Å². The second-order valence-electron chi connectivity index (χ2n) is 5.50. The van der Waals surface area contributed by atoms with Gasteiger partial charge in [0.05, 0.1) is 19.4 Å². The molecule has 3 N–H and O–H groups in total. The van der Waals surface area contributed by atoms with Crippen LogP contribution >= 0.6 is 0 Å². The van der Waals surface area contributed by atoms with E-state index in [-0.39, 0.29) is 13.1 Å². The fraction of sp³-hybridized carbons (Fsp3) is 0.400. The lowest BCUT2D eigenvalue weighted by atomic mass is 10.1. The van der Waals surface area contributed by atoms with Crippen LogP contribution in [0.5, 0.6) is 0 Å². The highest BCUT2D eigenvalue weighted by molar-refractivity contribution is 5.96. The van der Waals surface area contributed by atoms with Crippen molar-refractivity contribution in [3.05, 3.63) is 35.9 Å². The van der Waals surface area contributed by atoms with Crippen LogP contribution in [0.4, 0.5) is 10.6 Å². The number of likely N-dealkylation sites (N-methyl/N-ethyl adjacent to an activating group) is 1. The average Bonchev–Trinajstić information content (AvgIpc) is 3.16. The molecule has 3 amide bonds. The molecule has 0 aliphatic heterocycles. The average molecular weight is 319 g/mol. The molecule has 0 spiro atoms. The highest BCUT2D eigenvalue weighted by Crippen LogP contribution is 2.16. The molecule has 2 aromatic rings. The molecule has 0 aliphatic carbocycles. The van der Waals surface area contributed by atoms with Gasteiger partial charge in [-0.25, -0.2) is 4.79 Å². The van der Waals surface area contributed by atoms with Gasteiger partial charge in [0.2, 0.25) is 5.91 Å². The molecule has 0 saturated carbocycles. The summed E-state index contributed by atoms with van der Waals surface area (Å²) in [5.74, 6) is 1.17. The normalized spacial score (nSPS) is 10.6. The number of H-pyrrole nitrogens is 1. The Hall–Kier alpha value is -2.77. The largest absolute Gasteiger partial charge is 0.467 e. The van der Waals surface area contributed by atoms with Gasteiger partial charge in [-0.2, -0.15) is 5.10 Å².